The van der Waals surface area contributed by atoms with E-state index in [9.17, 15) is 9.18 Å². The average molecular weight is 342 g/mol. The SMILES string of the molecule is Cc1csc(NC(=O)c2cccc(CNc3ncccc3F)c2)n1. The minimum atomic E-state index is -0.412. The largest absolute Gasteiger partial charge is 0.364 e. The van der Waals surface area contributed by atoms with Gasteiger partial charge in [-0.2, -0.15) is 0 Å². The fourth-order valence-corrected chi connectivity index (χ4v) is 2.79. The van der Waals surface area contributed by atoms with Crippen molar-refractivity contribution in [2.45, 2.75) is 13.5 Å². The second kappa shape index (κ2) is 7.18. The third-order valence-corrected chi connectivity index (χ3v) is 4.12. The number of rotatable bonds is 5. The van der Waals surface area contributed by atoms with Crippen molar-refractivity contribution in [2.24, 2.45) is 0 Å². The number of hydrogen-bond donors (Lipinski definition) is 2. The van der Waals surface area contributed by atoms with Gasteiger partial charge in [0.25, 0.3) is 5.91 Å². The van der Waals surface area contributed by atoms with Gasteiger partial charge in [0.1, 0.15) is 0 Å². The fourth-order valence-electron chi connectivity index (χ4n) is 2.10. The molecular weight excluding hydrogens is 327 g/mol. The lowest BCUT2D eigenvalue weighted by Crippen LogP contribution is -2.12. The molecule has 7 heteroatoms. The Morgan fingerprint density at radius 1 is 1.29 bits per heavy atom. The average Bonchev–Trinajstić information content (AvgIpc) is 2.99. The number of thiazole rings is 1. The van der Waals surface area contributed by atoms with E-state index in [1.807, 2.05) is 18.4 Å². The maximum atomic E-state index is 13.5. The molecule has 2 heterocycles. The first-order valence-corrected chi connectivity index (χ1v) is 8.16. The van der Waals surface area contributed by atoms with E-state index in [-0.39, 0.29) is 11.7 Å². The zero-order valence-electron chi connectivity index (χ0n) is 12.9. The minimum absolute atomic E-state index is 0.186. The molecule has 3 aromatic rings. The molecule has 0 aliphatic rings. The number of amides is 1. The minimum Gasteiger partial charge on any atom is -0.364 e. The molecule has 2 aromatic heterocycles. The first-order chi connectivity index (χ1) is 11.6. The van der Waals surface area contributed by atoms with Crippen LogP contribution in [0.3, 0.4) is 0 Å². The third-order valence-electron chi connectivity index (χ3n) is 3.25. The van der Waals surface area contributed by atoms with Crippen LogP contribution in [-0.2, 0) is 6.54 Å². The summed E-state index contributed by atoms with van der Waals surface area (Å²) in [5.74, 6) is -0.452. The van der Waals surface area contributed by atoms with Gasteiger partial charge in [-0.05, 0) is 36.8 Å². The summed E-state index contributed by atoms with van der Waals surface area (Å²) < 4.78 is 13.5. The summed E-state index contributed by atoms with van der Waals surface area (Å²) in [5.41, 5.74) is 2.23. The van der Waals surface area contributed by atoms with Crippen LogP contribution < -0.4 is 10.6 Å². The molecule has 0 fully saturated rings. The van der Waals surface area contributed by atoms with Crippen molar-refractivity contribution in [3.63, 3.8) is 0 Å². The van der Waals surface area contributed by atoms with Gasteiger partial charge in [0, 0.05) is 23.7 Å². The number of aromatic nitrogens is 2. The molecule has 3 rings (SSSR count). The van der Waals surface area contributed by atoms with Gasteiger partial charge in [0.2, 0.25) is 0 Å². The Balaban J connectivity index is 1.67. The number of benzene rings is 1. The lowest BCUT2D eigenvalue weighted by molar-refractivity contribution is 0.102. The van der Waals surface area contributed by atoms with Gasteiger partial charge in [-0.1, -0.05) is 12.1 Å². The van der Waals surface area contributed by atoms with Crippen molar-refractivity contribution < 1.29 is 9.18 Å². The molecule has 2 N–H and O–H groups in total. The Kier molecular flexibility index (Phi) is 4.81. The number of pyridine rings is 1. The highest BCUT2D eigenvalue weighted by Crippen LogP contribution is 2.16. The van der Waals surface area contributed by atoms with Crippen molar-refractivity contribution in [1.82, 2.24) is 9.97 Å². The summed E-state index contributed by atoms with van der Waals surface area (Å²) in [5, 5.41) is 8.12. The summed E-state index contributed by atoms with van der Waals surface area (Å²) in [6.45, 7) is 2.24. The second-order valence-electron chi connectivity index (χ2n) is 5.14. The normalized spacial score (nSPS) is 10.4. The highest BCUT2D eigenvalue weighted by atomic mass is 32.1. The molecule has 0 atom stereocenters. The maximum absolute atomic E-state index is 13.5. The number of carbonyl (C=O) groups excluding carboxylic acids is 1. The molecule has 1 amide bonds. The van der Waals surface area contributed by atoms with E-state index in [1.165, 1.54) is 29.7 Å². The van der Waals surface area contributed by atoms with Gasteiger partial charge in [0.15, 0.2) is 16.8 Å². The quantitative estimate of drug-likeness (QED) is 0.739. The van der Waals surface area contributed by atoms with Gasteiger partial charge in [0.05, 0.1) is 5.69 Å². The van der Waals surface area contributed by atoms with Crippen LogP contribution in [0.2, 0.25) is 0 Å². The molecule has 0 radical (unpaired) electrons. The van der Waals surface area contributed by atoms with Crippen LogP contribution in [-0.4, -0.2) is 15.9 Å². The summed E-state index contributed by atoms with van der Waals surface area (Å²) in [7, 11) is 0. The zero-order chi connectivity index (χ0) is 16.9. The molecule has 0 saturated carbocycles. The molecule has 0 bridgehead atoms. The van der Waals surface area contributed by atoms with E-state index in [4.69, 9.17) is 0 Å². The number of nitrogens with zero attached hydrogens (tertiary/aromatic N) is 2. The first-order valence-electron chi connectivity index (χ1n) is 7.28. The Hall–Kier alpha value is -2.80. The van der Waals surface area contributed by atoms with Gasteiger partial charge >= 0.3 is 0 Å². The smallest absolute Gasteiger partial charge is 0.257 e. The first kappa shape index (κ1) is 16.1. The van der Waals surface area contributed by atoms with Crippen molar-refractivity contribution in [3.8, 4) is 0 Å². The lowest BCUT2D eigenvalue weighted by Gasteiger charge is -2.08. The number of nitrogens with one attached hydrogen (secondary N) is 2. The second-order valence-corrected chi connectivity index (χ2v) is 5.99. The van der Waals surface area contributed by atoms with Crippen LogP contribution in [0.25, 0.3) is 0 Å². The predicted octanol–water partition coefficient (Wildman–Crippen LogP) is 3.85. The van der Waals surface area contributed by atoms with Crippen LogP contribution in [0, 0.1) is 12.7 Å². The molecule has 122 valence electrons. The summed E-state index contributed by atoms with van der Waals surface area (Å²) >= 11 is 1.38. The van der Waals surface area contributed by atoms with Gasteiger partial charge in [-0.25, -0.2) is 14.4 Å². The van der Waals surface area contributed by atoms with E-state index in [2.05, 4.69) is 20.6 Å². The van der Waals surface area contributed by atoms with Crippen molar-refractivity contribution >= 4 is 28.2 Å². The van der Waals surface area contributed by atoms with E-state index < -0.39 is 5.82 Å². The van der Waals surface area contributed by atoms with Gasteiger partial charge in [-0.3, -0.25) is 10.1 Å². The van der Waals surface area contributed by atoms with E-state index in [0.29, 0.717) is 17.2 Å². The molecule has 0 spiro atoms. The molecule has 5 nitrogen and oxygen atoms in total. The number of anilines is 2. The standard InChI is InChI=1S/C17H15FN4OS/c1-11-10-24-17(21-11)22-16(23)13-5-2-4-12(8-13)9-20-15-14(18)6-3-7-19-15/h2-8,10H,9H2,1H3,(H,19,20)(H,21,22,23). The van der Waals surface area contributed by atoms with Crippen molar-refractivity contribution in [1.29, 1.82) is 0 Å². The summed E-state index contributed by atoms with van der Waals surface area (Å²) in [6, 6.07) is 10.00. The van der Waals surface area contributed by atoms with E-state index in [1.54, 1.807) is 18.2 Å². The summed E-state index contributed by atoms with van der Waals surface area (Å²) in [4.78, 5) is 20.4. The number of carbonyl (C=O) groups is 1. The maximum Gasteiger partial charge on any atom is 0.257 e. The van der Waals surface area contributed by atoms with Crippen LogP contribution in [0.4, 0.5) is 15.3 Å². The molecule has 0 unspecified atom stereocenters. The predicted molar refractivity (Wildman–Crippen MR) is 92.8 cm³/mol. The molecule has 0 saturated heterocycles. The van der Waals surface area contributed by atoms with Gasteiger partial charge in [-0.15, -0.1) is 11.3 Å². The molecule has 24 heavy (non-hydrogen) atoms. The van der Waals surface area contributed by atoms with E-state index in [0.717, 1.165) is 11.3 Å². The van der Waals surface area contributed by atoms with Crippen LogP contribution >= 0.6 is 11.3 Å². The zero-order valence-corrected chi connectivity index (χ0v) is 13.7. The van der Waals surface area contributed by atoms with Crippen LogP contribution in [0.15, 0.2) is 48.0 Å². The van der Waals surface area contributed by atoms with Gasteiger partial charge < -0.3 is 5.32 Å². The Labute approximate surface area is 142 Å². The molecule has 0 aliphatic carbocycles. The Morgan fingerprint density at radius 2 is 2.17 bits per heavy atom. The molecule has 1 aromatic carbocycles. The Morgan fingerprint density at radius 3 is 2.92 bits per heavy atom. The van der Waals surface area contributed by atoms with Crippen LogP contribution in [0.5, 0.6) is 0 Å². The van der Waals surface area contributed by atoms with Crippen molar-refractivity contribution in [2.75, 3.05) is 10.6 Å². The number of hydrogen-bond acceptors (Lipinski definition) is 5. The Bertz CT molecular complexity index is 865. The topological polar surface area (TPSA) is 66.9 Å². The summed E-state index contributed by atoms with van der Waals surface area (Å²) in [6.07, 6.45) is 1.52. The lowest BCUT2D eigenvalue weighted by atomic mass is 10.1. The fraction of sp³-hybridized carbons (Fsp3) is 0.118. The van der Waals surface area contributed by atoms with E-state index >= 15 is 0 Å². The number of aryl methyl sites for hydroxylation is 1. The van der Waals surface area contributed by atoms with Crippen molar-refractivity contribution in [3.05, 3.63) is 70.6 Å². The third kappa shape index (κ3) is 3.94. The van der Waals surface area contributed by atoms with Crippen LogP contribution in [0.1, 0.15) is 21.6 Å². The highest BCUT2D eigenvalue weighted by Gasteiger charge is 2.09. The molecular formula is C17H15FN4OS. The monoisotopic (exact) mass is 342 g/mol. The number of halogens is 1. The highest BCUT2D eigenvalue weighted by molar-refractivity contribution is 7.13. The molecule has 0 aliphatic heterocycles.